The summed E-state index contributed by atoms with van der Waals surface area (Å²) in [5.74, 6) is 0. The predicted octanol–water partition coefficient (Wildman–Crippen LogP) is 1.42. The van der Waals surface area contributed by atoms with Crippen molar-refractivity contribution in [1.82, 2.24) is 14.6 Å². The van der Waals surface area contributed by atoms with E-state index in [1.54, 1.807) is 19.3 Å². The Kier molecular flexibility index (Phi) is 3.41. The van der Waals surface area contributed by atoms with Gasteiger partial charge in [-0.1, -0.05) is 18.2 Å². The number of hydrogen-bond donors (Lipinski definition) is 1. The van der Waals surface area contributed by atoms with Crippen LogP contribution in [0.25, 0.3) is 16.8 Å². The molecule has 0 spiro atoms. The molecule has 0 unspecified atom stereocenters. The van der Waals surface area contributed by atoms with Gasteiger partial charge in [-0.3, -0.25) is 0 Å². The molecule has 1 aromatic carbocycles. The van der Waals surface area contributed by atoms with Crippen LogP contribution < -0.4 is 5.14 Å². The number of nitrogens with zero attached hydrogens (tertiary/aromatic N) is 3. The van der Waals surface area contributed by atoms with Crippen LogP contribution in [0.15, 0.2) is 35.5 Å². The van der Waals surface area contributed by atoms with Gasteiger partial charge < -0.3 is 4.74 Å². The minimum atomic E-state index is -3.87. The summed E-state index contributed by atoms with van der Waals surface area (Å²) in [6, 6.07) is 6.18. The van der Waals surface area contributed by atoms with Crippen molar-refractivity contribution in [2.75, 3.05) is 6.61 Å². The highest BCUT2D eigenvalue weighted by atomic mass is 32.2. The Morgan fingerprint density at radius 2 is 2.08 bits per heavy atom. The molecule has 24 heavy (non-hydrogen) atoms. The molecule has 0 atom stereocenters. The van der Waals surface area contributed by atoms with Gasteiger partial charge in [0.05, 0.1) is 18.9 Å². The lowest BCUT2D eigenvalue weighted by Crippen LogP contribution is -2.13. The van der Waals surface area contributed by atoms with Gasteiger partial charge in [0.25, 0.3) is 0 Å². The summed E-state index contributed by atoms with van der Waals surface area (Å²) in [6.45, 7) is 2.97. The number of fused-ring (bicyclic) bond motifs is 2. The highest BCUT2D eigenvalue weighted by molar-refractivity contribution is 7.89. The Hall–Kier alpha value is -2.29. The number of ether oxygens (including phenoxy) is 1. The summed E-state index contributed by atoms with van der Waals surface area (Å²) in [5.41, 5.74) is 4.91. The summed E-state index contributed by atoms with van der Waals surface area (Å²) < 4.78 is 30.4. The zero-order chi connectivity index (χ0) is 16.9. The van der Waals surface area contributed by atoms with Crippen LogP contribution in [0.1, 0.15) is 16.8 Å². The molecule has 0 fully saturated rings. The molecule has 0 aliphatic carbocycles. The van der Waals surface area contributed by atoms with Crippen molar-refractivity contribution in [2.24, 2.45) is 5.14 Å². The lowest BCUT2D eigenvalue weighted by molar-refractivity contribution is 0.111. The number of aryl methyl sites for hydroxylation is 1. The van der Waals surface area contributed by atoms with Crippen LogP contribution in [0.2, 0.25) is 0 Å². The molecule has 0 bridgehead atoms. The van der Waals surface area contributed by atoms with E-state index in [1.165, 1.54) is 15.6 Å². The molecule has 1 aliphatic rings. The van der Waals surface area contributed by atoms with E-state index in [2.05, 4.69) is 22.2 Å². The molecular weight excluding hydrogens is 328 g/mol. The number of sulfonamides is 1. The zero-order valence-electron chi connectivity index (χ0n) is 13.1. The van der Waals surface area contributed by atoms with Crippen LogP contribution in [-0.4, -0.2) is 29.6 Å². The molecular formula is C16H16N4O3S. The van der Waals surface area contributed by atoms with E-state index in [9.17, 15) is 8.42 Å². The van der Waals surface area contributed by atoms with Gasteiger partial charge >= 0.3 is 0 Å². The number of nitrogens with two attached hydrogens (primary N) is 1. The van der Waals surface area contributed by atoms with Gasteiger partial charge in [0.1, 0.15) is 4.90 Å². The Balaban J connectivity index is 1.84. The largest absolute Gasteiger partial charge is 0.376 e. The van der Waals surface area contributed by atoms with E-state index >= 15 is 0 Å². The summed E-state index contributed by atoms with van der Waals surface area (Å²) >= 11 is 0. The summed E-state index contributed by atoms with van der Waals surface area (Å²) in [7, 11) is -3.87. The van der Waals surface area contributed by atoms with Crippen molar-refractivity contribution < 1.29 is 13.2 Å². The van der Waals surface area contributed by atoms with E-state index in [1.807, 2.05) is 6.07 Å². The molecule has 0 saturated heterocycles. The highest BCUT2D eigenvalue weighted by Crippen LogP contribution is 2.26. The second-order valence-corrected chi connectivity index (χ2v) is 7.35. The van der Waals surface area contributed by atoms with Gasteiger partial charge in [0, 0.05) is 18.0 Å². The Morgan fingerprint density at radius 1 is 1.25 bits per heavy atom. The van der Waals surface area contributed by atoms with Gasteiger partial charge in [-0.25, -0.2) is 23.1 Å². The molecule has 3 heterocycles. The fourth-order valence-electron chi connectivity index (χ4n) is 3.05. The zero-order valence-corrected chi connectivity index (χ0v) is 13.9. The second-order valence-electron chi connectivity index (χ2n) is 5.86. The fraction of sp³-hybridized carbons (Fsp3) is 0.250. The van der Waals surface area contributed by atoms with E-state index in [0.717, 1.165) is 24.2 Å². The fourth-order valence-corrected chi connectivity index (χ4v) is 3.90. The average molecular weight is 344 g/mol. The van der Waals surface area contributed by atoms with Crippen molar-refractivity contribution in [2.45, 2.75) is 24.8 Å². The summed E-state index contributed by atoms with van der Waals surface area (Å²) in [5, 5.41) is 9.49. The first kappa shape index (κ1) is 15.3. The lowest BCUT2D eigenvalue weighted by Gasteiger charge is -2.17. The van der Waals surface area contributed by atoms with Crippen LogP contribution in [0.5, 0.6) is 0 Å². The Bertz CT molecular complexity index is 1060. The van der Waals surface area contributed by atoms with Crippen LogP contribution in [0, 0.1) is 6.92 Å². The minimum absolute atomic E-state index is 0.0309. The molecule has 0 saturated carbocycles. The second kappa shape index (κ2) is 5.37. The van der Waals surface area contributed by atoms with Crippen molar-refractivity contribution in [3.8, 4) is 11.1 Å². The van der Waals surface area contributed by atoms with Crippen LogP contribution >= 0.6 is 0 Å². The molecule has 7 nitrogen and oxygen atoms in total. The molecule has 8 heteroatoms. The minimum Gasteiger partial charge on any atom is -0.376 e. The molecule has 1 aliphatic heterocycles. The number of benzene rings is 1. The maximum atomic E-state index is 11.7. The first-order valence-electron chi connectivity index (χ1n) is 7.51. The quantitative estimate of drug-likeness (QED) is 0.758. The Labute approximate surface area is 139 Å². The van der Waals surface area contributed by atoms with Gasteiger partial charge in [0.15, 0.2) is 5.65 Å². The van der Waals surface area contributed by atoms with Crippen molar-refractivity contribution in [3.63, 3.8) is 0 Å². The predicted molar refractivity (Wildman–Crippen MR) is 87.9 cm³/mol. The summed E-state index contributed by atoms with van der Waals surface area (Å²) in [6.07, 6.45) is 4.30. The molecule has 4 rings (SSSR count). The number of hydrogen-bond acceptors (Lipinski definition) is 5. The standard InChI is InChI=1S/C16H16N4O3S/c1-10-15(24(17,21)22)16-18-7-14(8-20(16)19-10)11-2-3-13-9-23-5-4-12(13)6-11/h2-3,6-8H,4-5,9H2,1H3,(H2,17,21,22). The molecule has 2 N–H and O–H groups in total. The van der Waals surface area contributed by atoms with Gasteiger partial charge in [-0.05, 0) is 30.0 Å². The van der Waals surface area contributed by atoms with Gasteiger partial charge in [0.2, 0.25) is 10.0 Å². The van der Waals surface area contributed by atoms with E-state index in [4.69, 9.17) is 9.88 Å². The molecule has 2 aromatic heterocycles. The molecule has 0 radical (unpaired) electrons. The third kappa shape index (κ3) is 2.48. The van der Waals surface area contributed by atoms with Crippen molar-refractivity contribution in [3.05, 3.63) is 47.4 Å². The van der Waals surface area contributed by atoms with Crippen molar-refractivity contribution >= 4 is 15.7 Å². The monoisotopic (exact) mass is 344 g/mol. The first-order valence-corrected chi connectivity index (χ1v) is 9.06. The first-order chi connectivity index (χ1) is 11.4. The molecule has 3 aromatic rings. The third-order valence-corrected chi connectivity index (χ3v) is 5.24. The topological polar surface area (TPSA) is 99.6 Å². The van der Waals surface area contributed by atoms with Crippen LogP contribution in [0.3, 0.4) is 0 Å². The number of aromatic nitrogens is 3. The van der Waals surface area contributed by atoms with Crippen LogP contribution in [0.4, 0.5) is 0 Å². The third-order valence-electron chi connectivity index (χ3n) is 4.19. The molecule has 124 valence electrons. The normalized spacial score (nSPS) is 14.8. The van der Waals surface area contributed by atoms with Gasteiger partial charge in [-0.15, -0.1) is 0 Å². The number of rotatable bonds is 2. The maximum absolute atomic E-state index is 11.7. The Morgan fingerprint density at radius 3 is 2.88 bits per heavy atom. The lowest BCUT2D eigenvalue weighted by atomic mass is 9.98. The molecule has 0 amide bonds. The van der Waals surface area contributed by atoms with Crippen LogP contribution in [-0.2, 0) is 27.8 Å². The highest BCUT2D eigenvalue weighted by Gasteiger charge is 2.21. The SMILES string of the molecule is Cc1nn2cc(-c3ccc4c(c3)CCOC4)cnc2c1S(N)(=O)=O. The van der Waals surface area contributed by atoms with Gasteiger partial charge in [-0.2, -0.15) is 5.10 Å². The van der Waals surface area contributed by atoms with E-state index in [0.29, 0.717) is 12.3 Å². The van der Waals surface area contributed by atoms with E-state index < -0.39 is 10.0 Å². The maximum Gasteiger partial charge on any atom is 0.243 e. The summed E-state index contributed by atoms with van der Waals surface area (Å²) in [4.78, 5) is 4.24. The average Bonchev–Trinajstić information content (AvgIpc) is 2.89. The van der Waals surface area contributed by atoms with E-state index in [-0.39, 0.29) is 10.5 Å². The number of primary sulfonamides is 1. The smallest absolute Gasteiger partial charge is 0.243 e. The van der Waals surface area contributed by atoms with Crippen molar-refractivity contribution in [1.29, 1.82) is 0 Å².